The summed E-state index contributed by atoms with van der Waals surface area (Å²) in [4.78, 5) is 0. The highest BCUT2D eigenvalue weighted by Crippen LogP contribution is 2.24. The molecule has 0 aromatic heterocycles. The molecule has 1 saturated heterocycles. The van der Waals surface area contributed by atoms with E-state index in [0.29, 0.717) is 0 Å². The van der Waals surface area contributed by atoms with Crippen LogP contribution in [0.25, 0.3) is 10.8 Å². The van der Waals surface area contributed by atoms with Crippen molar-refractivity contribution < 1.29 is 0 Å². The fourth-order valence-electron chi connectivity index (χ4n) is 2.32. The lowest BCUT2D eigenvalue weighted by molar-refractivity contribution is 0.411. The third kappa shape index (κ3) is 1.76. The van der Waals surface area contributed by atoms with Gasteiger partial charge in [0.15, 0.2) is 0 Å². The van der Waals surface area contributed by atoms with E-state index in [1.165, 1.54) is 29.3 Å². The molecule has 0 unspecified atom stereocenters. The van der Waals surface area contributed by atoms with Gasteiger partial charge >= 0.3 is 0 Å². The first-order valence-electron chi connectivity index (χ1n) is 5.93. The van der Waals surface area contributed by atoms with Gasteiger partial charge in [-0.1, -0.05) is 36.4 Å². The van der Waals surface area contributed by atoms with E-state index in [1.54, 1.807) is 0 Å². The molecule has 1 fully saturated rings. The van der Waals surface area contributed by atoms with Gasteiger partial charge in [-0.15, -0.1) is 0 Å². The van der Waals surface area contributed by atoms with E-state index in [4.69, 9.17) is 0 Å². The summed E-state index contributed by atoms with van der Waals surface area (Å²) < 4.78 is 0. The summed E-state index contributed by atoms with van der Waals surface area (Å²) in [7, 11) is 0. The molecule has 0 bridgehead atoms. The second kappa shape index (κ2) is 4.14. The first-order chi connectivity index (χ1) is 7.93. The van der Waals surface area contributed by atoms with Gasteiger partial charge in [0.05, 0.1) is 5.69 Å². The quantitative estimate of drug-likeness (QED) is 0.822. The maximum atomic E-state index is 3.52. The van der Waals surface area contributed by atoms with Crippen molar-refractivity contribution in [3.05, 3.63) is 42.5 Å². The van der Waals surface area contributed by atoms with Gasteiger partial charge in [-0.25, -0.2) is 5.01 Å². The normalized spacial score (nSPS) is 16.8. The molecule has 0 aliphatic carbocycles. The van der Waals surface area contributed by atoms with Crippen molar-refractivity contribution in [1.82, 2.24) is 5.01 Å². The SMILES string of the molecule is c1ccc2c(NN3CCCC3)cccc2c1. The number of nitrogens with one attached hydrogen (secondary N) is 1. The van der Waals surface area contributed by atoms with Crippen LogP contribution in [-0.4, -0.2) is 18.1 Å². The van der Waals surface area contributed by atoms with Gasteiger partial charge < -0.3 is 5.43 Å². The van der Waals surface area contributed by atoms with Crippen molar-refractivity contribution in [3.63, 3.8) is 0 Å². The van der Waals surface area contributed by atoms with Crippen molar-refractivity contribution >= 4 is 16.5 Å². The molecule has 0 saturated carbocycles. The Morgan fingerprint density at radius 1 is 0.875 bits per heavy atom. The monoisotopic (exact) mass is 212 g/mol. The Labute approximate surface area is 95.8 Å². The predicted molar refractivity (Wildman–Crippen MR) is 68.4 cm³/mol. The number of hydrazine groups is 1. The minimum atomic E-state index is 1.16. The van der Waals surface area contributed by atoms with Gasteiger partial charge in [0, 0.05) is 18.5 Å². The van der Waals surface area contributed by atoms with Crippen LogP contribution in [-0.2, 0) is 0 Å². The van der Waals surface area contributed by atoms with E-state index in [9.17, 15) is 0 Å². The first-order valence-corrected chi connectivity index (χ1v) is 5.93. The fraction of sp³-hybridized carbons (Fsp3) is 0.286. The Hall–Kier alpha value is -1.54. The molecule has 2 aromatic rings. The summed E-state index contributed by atoms with van der Waals surface area (Å²) in [5, 5.41) is 4.91. The molecule has 1 aliphatic rings. The Balaban J connectivity index is 1.96. The minimum absolute atomic E-state index is 1.16. The number of nitrogens with zero attached hydrogens (tertiary/aromatic N) is 1. The Bertz CT molecular complexity index is 482. The topological polar surface area (TPSA) is 15.3 Å². The van der Waals surface area contributed by atoms with E-state index >= 15 is 0 Å². The van der Waals surface area contributed by atoms with Crippen LogP contribution in [0, 0.1) is 0 Å². The molecule has 2 nitrogen and oxygen atoms in total. The molecular formula is C14H16N2. The fourth-order valence-corrected chi connectivity index (χ4v) is 2.32. The Morgan fingerprint density at radius 2 is 1.62 bits per heavy atom. The molecule has 0 amide bonds. The maximum Gasteiger partial charge on any atom is 0.0568 e. The van der Waals surface area contributed by atoms with Crippen LogP contribution < -0.4 is 5.43 Å². The van der Waals surface area contributed by atoms with Crippen molar-refractivity contribution in [1.29, 1.82) is 0 Å². The summed E-state index contributed by atoms with van der Waals surface area (Å²) in [6, 6.07) is 14.9. The van der Waals surface area contributed by atoms with Gasteiger partial charge in [-0.2, -0.15) is 0 Å². The molecule has 0 radical (unpaired) electrons. The molecule has 16 heavy (non-hydrogen) atoms. The Morgan fingerprint density at radius 3 is 2.50 bits per heavy atom. The zero-order chi connectivity index (χ0) is 10.8. The first kappa shape index (κ1) is 9.67. The van der Waals surface area contributed by atoms with Crippen LogP contribution in [0.5, 0.6) is 0 Å². The summed E-state index contributed by atoms with van der Waals surface area (Å²) in [5.74, 6) is 0. The zero-order valence-electron chi connectivity index (χ0n) is 9.32. The lowest BCUT2D eigenvalue weighted by Crippen LogP contribution is -2.26. The summed E-state index contributed by atoms with van der Waals surface area (Å²) >= 11 is 0. The molecule has 3 rings (SSSR count). The van der Waals surface area contributed by atoms with E-state index in [2.05, 4.69) is 52.9 Å². The second-order valence-corrected chi connectivity index (χ2v) is 4.33. The van der Waals surface area contributed by atoms with Gasteiger partial charge in [-0.05, 0) is 24.3 Å². The highest BCUT2D eigenvalue weighted by molar-refractivity contribution is 5.93. The molecular weight excluding hydrogens is 196 g/mol. The largest absolute Gasteiger partial charge is 0.318 e. The maximum absolute atomic E-state index is 3.52. The summed E-state index contributed by atoms with van der Waals surface area (Å²) in [6.07, 6.45) is 2.61. The second-order valence-electron chi connectivity index (χ2n) is 4.33. The average Bonchev–Trinajstić information content (AvgIpc) is 2.82. The summed E-state index contributed by atoms with van der Waals surface area (Å²) in [5.41, 5.74) is 4.74. The number of anilines is 1. The number of fused-ring (bicyclic) bond motifs is 1. The number of hydrogen-bond acceptors (Lipinski definition) is 2. The van der Waals surface area contributed by atoms with Crippen molar-refractivity contribution in [3.8, 4) is 0 Å². The minimum Gasteiger partial charge on any atom is -0.318 e. The molecule has 0 spiro atoms. The van der Waals surface area contributed by atoms with Crippen molar-refractivity contribution in [2.24, 2.45) is 0 Å². The van der Waals surface area contributed by atoms with Crippen LogP contribution in [0.1, 0.15) is 12.8 Å². The zero-order valence-corrected chi connectivity index (χ0v) is 9.32. The van der Waals surface area contributed by atoms with Gasteiger partial charge in [0.1, 0.15) is 0 Å². The van der Waals surface area contributed by atoms with Gasteiger partial charge in [0.2, 0.25) is 0 Å². The smallest absolute Gasteiger partial charge is 0.0568 e. The van der Waals surface area contributed by atoms with Crippen LogP contribution in [0.3, 0.4) is 0 Å². The third-order valence-electron chi connectivity index (χ3n) is 3.17. The highest BCUT2D eigenvalue weighted by Gasteiger charge is 2.11. The lowest BCUT2D eigenvalue weighted by atomic mass is 10.1. The predicted octanol–water partition coefficient (Wildman–Crippen LogP) is 3.26. The summed E-state index contributed by atoms with van der Waals surface area (Å²) in [6.45, 7) is 2.31. The van der Waals surface area contributed by atoms with Crippen LogP contribution >= 0.6 is 0 Å². The van der Waals surface area contributed by atoms with E-state index in [0.717, 1.165) is 13.1 Å². The van der Waals surface area contributed by atoms with Crippen molar-refractivity contribution in [2.45, 2.75) is 12.8 Å². The number of hydrogen-bond donors (Lipinski definition) is 1. The van der Waals surface area contributed by atoms with Gasteiger partial charge in [0.25, 0.3) is 0 Å². The van der Waals surface area contributed by atoms with Crippen LogP contribution in [0.2, 0.25) is 0 Å². The molecule has 1 aliphatic heterocycles. The number of benzene rings is 2. The lowest BCUT2D eigenvalue weighted by Gasteiger charge is -2.19. The van der Waals surface area contributed by atoms with E-state index in [-0.39, 0.29) is 0 Å². The van der Waals surface area contributed by atoms with E-state index < -0.39 is 0 Å². The van der Waals surface area contributed by atoms with E-state index in [1.807, 2.05) is 0 Å². The number of rotatable bonds is 2. The molecule has 2 aromatic carbocycles. The Kier molecular flexibility index (Phi) is 2.50. The molecule has 1 N–H and O–H groups in total. The standard InChI is InChI=1S/C14H16N2/c1-2-8-13-12(6-1)7-5-9-14(13)15-16-10-3-4-11-16/h1-2,5-9,15H,3-4,10-11H2. The third-order valence-corrected chi connectivity index (χ3v) is 3.17. The average molecular weight is 212 g/mol. The molecule has 1 heterocycles. The molecule has 82 valence electrons. The molecule has 2 heteroatoms. The van der Waals surface area contributed by atoms with Crippen LogP contribution in [0.4, 0.5) is 5.69 Å². The van der Waals surface area contributed by atoms with Gasteiger partial charge in [-0.3, -0.25) is 0 Å². The highest BCUT2D eigenvalue weighted by atomic mass is 15.5. The van der Waals surface area contributed by atoms with Crippen LogP contribution in [0.15, 0.2) is 42.5 Å². The molecule has 0 atom stereocenters. The van der Waals surface area contributed by atoms with Crippen molar-refractivity contribution in [2.75, 3.05) is 18.5 Å².